The molecule has 2 rings (SSSR count). The molecule has 5 heteroatoms. The predicted octanol–water partition coefficient (Wildman–Crippen LogP) is 3.46. The van der Waals surface area contributed by atoms with Crippen LogP contribution in [0.5, 0.6) is 5.75 Å². The van der Waals surface area contributed by atoms with Crippen molar-refractivity contribution >= 4 is 11.6 Å². The maximum atomic E-state index is 6.22. The van der Waals surface area contributed by atoms with Gasteiger partial charge in [-0.1, -0.05) is 17.7 Å². The maximum absolute atomic E-state index is 6.22. The molecule has 0 aliphatic heterocycles. The second-order valence-corrected chi connectivity index (χ2v) is 5.27. The average molecular weight is 294 g/mol. The van der Waals surface area contributed by atoms with E-state index in [0.717, 1.165) is 23.5 Å². The molecule has 0 aliphatic carbocycles. The molecule has 4 nitrogen and oxygen atoms in total. The number of ether oxygens (including phenoxy) is 1. The van der Waals surface area contributed by atoms with Crippen LogP contribution in [0.1, 0.15) is 36.8 Å². The highest BCUT2D eigenvalue weighted by Gasteiger charge is 2.08. The highest BCUT2D eigenvalue weighted by atomic mass is 35.5. The number of halogens is 1. The Labute approximate surface area is 124 Å². The standard InChI is InChI=1S/C15H20ClN3O/c1-4-19-13(7-10(2)18-19)9-20-15-6-5-12(11(3)17)8-14(15)16/h5-8,11H,4,9,17H2,1-3H3/t11-/m0/s1. The number of benzene rings is 1. The quantitative estimate of drug-likeness (QED) is 0.918. The third kappa shape index (κ3) is 3.32. The number of rotatable bonds is 5. The van der Waals surface area contributed by atoms with Gasteiger partial charge in [0.05, 0.1) is 16.4 Å². The molecule has 0 spiro atoms. The van der Waals surface area contributed by atoms with Crippen LogP contribution in [0.25, 0.3) is 0 Å². The molecule has 0 saturated heterocycles. The third-order valence-corrected chi connectivity index (χ3v) is 3.44. The van der Waals surface area contributed by atoms with E-state index in [-0.39, 0.29) is 6.04 Å². The van der Waals surface area contributed by atoms with Crippen LogP contribution < -0.4 is 10.5 Å². The van der Waals surface area contributed by atoms with Crippen molar-refractivity contribution in [1.82, 2.24) is 9.78 Å². The van der Waals surface area contributed by atoms with Gasteiger partial charge in [-0.2, -0.15) is 5.10 Å². The number of aromatic nitrogens is 2. The Morgan fingerprint density at radius 1 is 1.40 bits per heavy atom. The van der Waals surface area contributed by atoms with Crippen LogP contribution in [0.4, 0.5) is 0 Å². The van der Waals surface area contributed by atoms with Gasteiger partial charge in [0.1, 0.15) is 12.4 Å². The number of nitrogens with two attached hydrogens (primary N) is 1. The summed E-state index contributed by atoms with van der Waals surface area (Å²) in [6, 6.07) is 7.64. The van der Waals surface area contributed by atoms with Crippen molar-refractivity contribution in [1.29, 1.82) is 0 Å². The summed E-state index contributed by atoms with van der Waals surface area (Å²) in [6.07, 6.45) is 0. The monoisotopic (exact) mass is 293 g/mol. The zero-order valence-corrected chi connectivity index (χ0v) is 12.8. The second kappa shape index (κ2) is 6.29. The van der Waals surface area contributed by atoms with E-state index in [1.807, 2.05) is 42.8 Å². The van der Waals surface area contributed by atoms with Crippen molar-refractivity contribution < 1.29 is 4.74 Å². The molecule has 1 aromatic heterocycles. The lowest BCUT2D eigenvalue weighted by atomic mass is 10.1. The Hall–Kier alpha value is -1.52. The Morgan fingerprint density at radius 2 is 2.15 bits per heavy atom. The van der Waals surface area contributed by atoms with Gasteiger partial charge in [0.15, 0.2) is 0 Å². The van der Waals surface area contributed by atoms with E-state index in [9.17, 15) is 0 Å². The Kier molecular flexibility index (Phi) is 4.68. The van der Waals surface area contributed by atoms with Crippen molar-refractivity contribution in [2.45, 2.75) is 40.0 Å². The molecule has 1 aromatic carbocycles. The second-order valence-electron chi connectivity index (χ2n) is 4.86. The summed E-state index contributed by atoms with van der Waals surface area (Å²) >= 11 is 6.22. The van der Waals surface area contributed by atoms with E-state index >= 15 is 0 Å². The fourth-order valence-corrected chi connectivity index (χ4v) is 2.30. The third-order valence-electron chi connectivity index (χ3n) is 3.14. The van der Waals surface area contributed by atoms with E-state index in [1.165, 1.54) is 0 Å². The summed E-state index contributed by atoms with van der Waals surface area (Å²) in [5, 5.41) is 4.97. The molecule has 0 fully saturated rings. The van der Waals surface area contributed by atoms with E-state index < -0.39 is 0 Å². The Morgan fingerprint density at radius 3 is 2.75 bits per heavy atom. The smallest absolute Gasteiger partial charge is 0.138 e. The number of nitrogens with zero attached hydrogens (tertiary/aromatic N) is 2. The summed E-state index contributed by atoms with van der Waals surface area (Å²) < 4.78 is 7.71. The SMILES string of the molecule is CCn1nc(C)cc1COc1ccc([C@H](C)N)cc1Cl. The zero-order valence-electron chi connectivity index (χ0n) is 12.1. The first-order valence-electron chi connectivity index (χ1n) is 6.72. The lowest BCUT2D eigenvalue weighted by Gasteiger charge is -2.11. The fourth-order valence-electron chi connectivity index (χ4n) is 2.06. The van der Waals surface area contributed by atoms with Crippen molar-refractivity contribution in [2.75, 3.05) is 0 Å². The van der Waals surface area contributed by atoms with Crippen molar-refractivity contribution in [2.24, 2.45) is 5.73 Å². The summed E-state index contributed by atoms with van der Waals surface area (Å²) in [5.41, 5.74) is 8.85. The van der Waals surface area contributed by atoms with Crippen LogP contribution in [-0.2, 0) is 13.2 Å². The summed E-state index contributed by atoms with van der Waals surface area (Å²) in [7, 11) is 0. The van der Waals surface area contributed by atoms with Gasteiger partial charge >= 0.3 is 0 Å². The van der Waals surface area contributed by atoms with E-state index in [2.05, 4.69) is 12.0 Å². The minimum Gasteiger partial charge on any atom is -0.486 e. The molecule has 0 amide bonds. The first kappa shape index (κ1) is 14.9. The summed E-state index contributed by atoms with van der Waals surface area (Å²) in [6.45, 7) is 7.23. The molecular formula is C15H20ClN3O. The molecule has 0 radical (unpaired) electrons. The zero-order chi connectivity index (χ0) is 14.7. The molecule has 0 saturated carbocycles. The summed E-state index contributed by atoms with van der Waals surface area (Å²) in [4.78, 5) is 0. The van der Waals surface area contributed by atoms with Gasteiger partial charge in [-0.3, -0.25) is 4.68 Å². The molecule has 0 unspecified atom stereocenters. The van der Waals surface area contributed by atoms with Crippen LogP contribution in [0.2, 0.25) is 5.02 Å². The van der Waals surface area contributed by atoms with Gasteiger partial charge in [0, 0.05) is 12.6 Å². The number of hydrogen-bond acceptors (Lipinski definition) is 3. The number of aryl methyl sites for hydroxylation is 2. The molecule has 108 valence electrons. The molecule has 1 heterocycles. The first-order chi connectivity index (χ1) is 9.51. The Bertz CT molecular complexity index is 593. The van der Waals surface area contributed by atoms with Crippen LogP contribution in [-0.4, -0.2) is 9.78 Å². The maximum Gasteiger partial charge on any atom is 0.138 e. The van der Waals surface area contributed by atoms with Crippen molar-refractivity contribution in [3.63, 3.8) is 0 Å². The predicted molar refractivity (Wildman–Crippen MR) is 81.0 cm³/mol. The van der Waals surface area contributed by atoms with Crippen LogP contribution in [0, 0.1) is 6.92 Å². The number of hydrogen-bond donors (Lipinski definition) is 1. The van der Waals surface area contributed by atoms with E-state index in [4.69, 9.17) is 22.1 Å². The topological polar surface area (TPSA) is 53.1 Å². The van der Waals surface area contributed by atoms with Gasteiger partial charge < -0.3 is 10.5 Å². The largest absolute Gasteiger partial charge is 0.486 e. The summed E-state index contributed by atoms with van der Waals surface area (Å²) in [5.74, 6) is 0.664. The molecule has 2 aromatic rings. The van der Waals surface area contributed by atoms with Crippen molar-refractivity contribution in [3.8, 4) is 5.75 Å². The first-order valence-corrected chi connectivity index (χ1v) is 7.10. The van der Waals surface area contributed by atoms with Crippen molar-refractivity contribution in [3.05, 3.63) is 46.2 Å². The Balaban J connectivity index is 2.10. The van der Waals surface area contributed by atoms with E-state index in [1.54, 1.807) is 0 Å². The van der Waals surface area contributed by atoms with Gasteiger partial charge in [-0.05, 0) is 44.5 Å². The molecule has 0 aliphatic rings. The van der Waals surface area contributed by atoms with Gasteiger partial charge in [-0.15, -0.1) is 0 Å². The molecule has 2 N–H and O–H groups in total. The minimum atomic E-state index is -0.0364. The minimum absolute atomic E-state index is 0.0364. The van der Waals surface area contributed by atoms with Crippen LogP contribution in [0.15, 0.2) is 24.3 Å². The normalized spacial score (nSPS) is 12.4. The molecule has 20 heavy (non-hydrogen) atoms. The molecular weight excluding hydrogens is 274 g/mol. The van der Waals surface area contributed by atoms with Gasteiger partial charge in [0.25, 0.3) is 0 Å². The molecule has 0 bridgehead atoms. The fraction of sp³-hybridized carbons (Fsp3) is 0.400. The molecule has 1 atom stereocenters. The van der Waals surface area contributed by atoms with Gasteiger partial charge in [-0.25, -0.2) is 0 Å². The highest BCUT2D eigenvalue weighted by Crippen LogP contribution is 2.28. The lowest BCUT2D eigenvalue weighted by Crippen LogP contribution is -2.07. The van der Waals surface area contributed by atoms with Crippen LogP contribution >= 0.6 is 11.6 Å². The van der Waals surface area contributed by atoms with E-state index in [0.29, 0.717) is 17.4 Å². The van der Waals surface area contributed by atoms with Gasteiger partial charge in [0.2, 0.25) is 0 Å². The highest BCUT2D eigenvalue weighted by molar-refractivity contribution is 6.32. The average Bonchev–Trinajstić information content (AvgIpc) is 2.77. The lowest BCUT2D eigenvalue weighted by molar-refractivity contribution is 0.292. The van der Waals surface area contributed by atoms with Crippen LogP contribution in [0.3, 0.4) is 0 Å².